The summed E-state index contributed by atoms with van der Waals surface area (Å²) >= 11 is 6.02. The Morgan fingerprint density at radius 1 is 1.26 bits per heavy atom. The molecule has 0 radical (unpaired) electrons. The van der Waals surface area contributed by atoms with E-state index < -0.39 is 0 Å². The number of benzene rings is 1. The number of ether oxygens (including phenoxy) is 2. The Morgan fingerprint density at radius 2 is 1.96 bits per heavy atom. The molecule has 3 aromatic rings. The van der Waals surface area contributed by atoms with Gasteiger partial charge in [0, 0.05) is 12.7 Å². The van der Waals surface area contributed by atoms with E-state index in [-0.39, 0.29) is 10.6 Å². The first kappa shape index (κ1) is 15.6. The van der Waals surface area contributed by atoms with E-state index in [1.54, 1.807) is 21.1 Å². The maximum Gasteiger partial charge on any atom is 0.291 e. The van der Waals surface area contributed by atoms with Gasteiger partial charge in [0.2, 0.25) is 0 Å². The van der Waals surface area contributed by atoms with Crippen molar-refractivity contribution in [3.8, 4) is 16.9 Å². The van der Waals surface area contributed by atoms with E-state index >= 15 is 0 Å². The van der Waals surface area contributed by atoms with Crippen molar-refractivity contribution in [2.24, 2.45) is 0 Å². The lowest BCUT2D eigenvalue weighted by Crippen LogP contribution is -2.17. The normalized spacial score (nSPS) is 11.1. The van der Waals surface area contributed by atoms with Gasteiger partial charge in [-0.15, -0.1) is 0 Å². The fourth-order valence-corrected chi connectivity index (χ4v) is 2.64. The third-order valence-electron chi connectivity index (χ3n) is 3.63. The number of halogens is 1. The van der Waals surface area contributed by atoms with Crippen molar-refractivity contribution in [1.29, 1.82) is 0 Å². The van der Waals surface area contributed by atoms with Crippen LogP contribution in [0.2, 0.25) is 5.02 Å². The van der Waals surface area contributed by atoms with Crippen LogP contribution in [0.3, 0.4) is 0 Å². The molecule has 0 amide bonds. The molecule has 0 aliphatic rings. The van der Waals surface area contributed by atoms with Crippen LogP contribution in [0.4, 0.5) is 0 Å². The number of nitrogens with zero attached hydrogens (tertiary/aromatic N) is 2. The molecule has 2 aromatic heterocycles. The van der Waals surface area contributed by atoms with Gasteiger partial charge in [0.15, 0.2) is 5.65 Å². The largest absolute Gasteiger partial charge is 0.497 e. The number of aromatic nitrogens is 3. The summed E-state index contributed by atoms with van der Waals surface area (Å²) in [4.78, 5) is 16.8. The number of nitrogens with one attached hydrogen (secondary N) is 1. The Labute approximate surface area is 137 Å². The molecular weight excluding hydrogens is 318 g/mol. The Hall–Kier alpha value is -2.31. The number of aryl methyl sites for hydroxylation is 1. The van der Waals surface area contributed by atoms with E-state index in [1.165, 1.54) is 4.52 Å². The van der Waals surface area contributed by atoms with Crippen molar-refractivity contribution in [3.05, 3.63) is 51.0 Å². The minimum atomic E-state index is -0.328. The highest BCUT2D eigenvalue weighted by Crippen LogP contribution is 2.29. The monoisotopic (exact) mass is 333 g/mol. The average molecular weight is 334 g/mol. The molecule has 23 heavy (non-hydrogen) atoms. The number of H-pyrrole nitrogens is 1. The quantitative estimate of drug-likeness (QED) is 0.797. The maximum absolute atomic E-state index is 12.3. The zero-order chi connectivity index (χ0) is 16.6. The van der Waals surface area contributed by atoms with Gasteiger partial charge in [0.1, 0.15) is 10.8 Å². The molecule has 3 rings (SSSR count). The van der Waals surface area contributed by atoms with Crippen molar-refractivity contribution < 1.29 is 9.47 Å². The third-order valence-corrected chi connectivity index (χ3v) is 4.07. The van der Waals surface area contributed by atoms with Gasteiger partial charge in [-0.05, 0) is 24.6 Å². The topological polar surface area (TPSA) is 68.6 Å². The summed E-state index contributed by atoms with van der Waals surface area (Å²) in [6.45, 7) is 2.03. The highest BCUT2D eigenvalue weighted by molar-refractivity contribution is 6.31. The molecule has 2 heterocycles. The Balaban J connectivity index is 2.32. The average Bonchev–Trinajstić information content (AvgIpc) is 2.91. The molecule has 0 spiro atoms. The van der Waals surface area contributed by atoms with Gasteiger partial charge in [-0.25, -0.2) is 4.98 Å². The number of rotatable bonds is 4. The summed E-state index contributed by atoms with van der Waals surface area (Å²) < 4.78 is 11.8. The SMILES string of the molecule is COCc1[nH]n2c(=O)c(Cl)c(C)nc2c1-c1ccc(OC)cc1. The van der Waals surface area contributed by atoms with Crippen LogP contribution in [-0.2, 0) is 11.3 Å². The van der Waals surface area contributed by atoms with Crippen molar-refractivity contribution in [3.63, 3.8) is 0 Å². The van der Waals surface area contributed by atoms with E-state index in [4.69, 9.17) is 21.1 Å². The zero-order valence-corrected chi connectivity index (χ0v) is 13.8. The lowest BCUT2D eigenvalue weighted by molar-refractivity contribution is 0.181. The van der Waals surface area contributed by atoms with E-state index in [9.17, 15) is 4.79 Å². The Kier molecular flexibility index (Phi) is 4.11. The summed E-state index contributed by atoms with van der Waals surface area (Å²) in [5, 5.41) is 3.14. The van der Waals surface area contributed by atoms with Crippen LogP contribution in [0.1, 0.15) is 11.4 Å². The van der Waals surface area contributed by atoms with E-state index in [0.717, 1.165) is 22.6 Å². The molecule has 0 bridgehead atoms. The molecule has 1 aromatic carbocycles. The lowest BCUT2D eigenvalue weighted by Gasteiger charge is -2.05. The second-order valence-corrected chi connectivity index (χ2v) is 5.48. The molecule has 0 aliphatic heterocycles. The first-order chi connectivity index (χ1) is 11.1. The van der Waals surface area contributed by atoms with Crippen molar-refractivity contribution in [1.82, 2.24) is 14.6 Å². The van der Waals surface area contributed by atoms with Crippen LogP contribution in [0.5, 0.6) is 5.75 Å². The molecule has 0 unspecified atom stereocenters. The summed E-state index contributed by atoms with van der Waals surface area (Å²) in [6, 6.07) is 7.54. The lowest BCUT2D eigenvalue weighted by atomic mass is 10.1. The second-order valence-electron chi connectivity index (χ2n) is 5.10. The summed E-state index contributed by atoms with van der Waals surface area (Å²) in [6.07, 6.45) is 0. The zero-order valence-electron chi connectivity index (χ0n) is 13.0. The third kappa shape index (κ3) is 2.60. The molecule has 120 valence electrons. The van der Waals surface area contributed by atoms with Crippen LogP contribution < -0.4 is 10.3 Å². The fraction of sp³-hybridized carbons (Fsp3) is 0.250. The first-order valence-electron chi connectivity index (χ1n) is 7.00. The Morgan fingerprint density at radius 3 is 2.57 bits per heavy atom. The number of aromatic amines is 1. The second kappa shape index (κ2) is 6.06. The van der Waals surface area contributed by atoms with Gasteiger partial charge in [-0.2, -0.15) is 4.52 Å². The van der Waals surface area contributed by atoms with Gasteiger partial charge in [-0.3, -0.25) is 9.89 Å². The van der Waals surface area contributed by atoms with Crippen molar-refractivity contribution in [2.45, 2.75) is 13.5 Å². The smallest absolute Gasteiger partial charge is 0.291 e. The molecule has 7 heteroatoms. The molecule has 0 saturated carbocycles. The highest BCUT2D eigenvalue weighted by Gasteiger charge is 2.18. The predicted octanol–water partition coefficient (Wildman–Crippen LogP) is 2.81. The van der Waals surface area contributed by atoms with Crippen LogP contribution in [-0.4, -0.2) is 28.8 Å². The summed E-state index contributed by atoms with van der Waals surface area (Å²) in [7, 11) is 3.21. The first-order valence-corrected chi connectivity index (χ1v) is 7.37. The van der Waals surface area contributed by atoms with Gasteiger partial charge in [0.25, 0.3) is 5.56 Å². The maximum atomic E-state index is 12.3. The Bertz CT molecular complexity index is 913. The van der Waals surface area contributed by atoms with Gasteiger partial charge in [0.05, 0.1) is 25.1 Å². The van der Waals surface area contributed by atoms with E-state index in [0.29, 0.717) is 17.9 Å². The molecule has 0 fully saturated rings. The number of hydrogen-bond donors (Lipinski definition) is 1. The van der Waals surface area contributed by atoms with Gasteiger partial charge < -0.3 is 9.47 Å². The molecule has 1 N–H and O–H groups in total. The number of methoxy groups -OCH3 is 2. The molecule has 0 aliphatic carbocycles. The van der Waals surface area contributed by atoms with Gasteiger partial charge >= 0.3 is 0 Å². The molecule has 0 atom stereocenters. The van der Waals surface area contributed by atoms with Crippen LogP contribution in [0.15, 0.2) is 29.1 Å². The fourth-order valence-electron chi connectivity index (χ4n) is 2.51. The molecule has 0 saturated heterocycles. The number of fused-ring (bicyclic) bond motifs is 1. The van der Waals surface area contributed by atoms with Gasteiger partial charge in [-0.1, -0.05) is 23.7 Å². The minimum absolute atomic E-state index is 0.106. The van der Waals surface area contributed by atoms with Crippen LogP contribution in [0, 0.1) is 6.92 Å². The standard InChI is InChI=1S/C16H16ClN3O3/c1-9-14(17)16(21)20-15(18-9)13(12(19-20)8-22-2)10-4-6-11(23-3)7-5-10/h4-7,19H,8H2,1-3H3. The van der Waals surface area contributed by atoms with E-state index in [1.807, 2.05) is 24.3 Å². The molecule has 6 nitrogen and oxygen atoms in total. The van der Waals surface area contributed by atoms with Crippen LogP contribution >= 0.6 is 11.6 Å². The van der Waals surface area contributed by atoms with Crippen LogP contribution in [0.25, 0.3) is 16.8 Å². The summed E-state index contributed by atoms with van der Waals surface area (Å²) in [5.74, 6) is 0.756. The van der Waals surface area contributed by atoms with Crippen molar-refractivity contribution >= 4 is 17.2 Å². The number of hydrogen-bond acceptors (Lipinski definition) is 4. The predicted molar refractivity (Wildman–Crippen MR) is 88.3 cm³/mol. The minimum Gasteiger partial charge on any atom is -0.497 e. The molecular formula is C16H16ClN3O3. The summed E-state index contributed by atoms with van der Waals surface area (Å²) in [5.41, 5.74) is 3.16. The van der Waals surface area contributed by atoms with E-state index in [2.05, 4.69) is 10.1 Å². The van der Waals surface area contributed by atoms with Crippen molar-refractivity contribution in [2.75, 3.05) is 14.2 Å². The highest BCUT2D eigenvalue weighted by atomic mass is 35.5.